The first-order chi connectivity index (χ1) is 11.1. The van der Waals surface area contributed by atoms with E-state index in [2.05, 4.69) is 6.92 Å². The summed E-state index contributed by atoms with van der Waals surface area (Å²) in [4.78, 5) is 11.2. The molecule has 0 radical (unpaired) electrons. The van der Waals surface area contributed by atoms with Gasteiger partial charge in [0, 0.05) is 6.54 Å². The van der Waals surface area contributed by atoms with Gasteiger partial charge in [0.25, 0.3) is 0 Å². The SMILES string of the molecule is CCOc1cccc(CC(CC)CC(CN)C(=O)O)c1OCC. The lowest BCUT2D eigenvalue weighted by Gasteiger charge is -2.21. The fraction of sp³-hybridized carbons (Fsp3) is 0.611. The number of hydrogen-bond donors (Lipinski definition) is 2. The zero-order valence-electron chi connectivity index (χ0n) is 14.4. The minimum atomic E-state index is -0.820. The number of carbonyl (C=O) groups is 1. The molecule has 0 fully saturated rings. The monoisotopic (exact) mass is 323 g/mol. The highest BCUT2D eigenvalue weighted by atomic mass is 16.5. The van der Waals surface area contributed by atoms with Gasteiger partial charge in [-0.3, -0.25) is 4.79 Å². The summed E-state index contributed by atoms with van der Waals surface area (Å²) in [6, 6.07) is 5.88. The van der Waals surface area contributed by atoms with E-state index in [0.29, 0.717) is 19.6 Å². The Kier molecular flexibility index (Phi) is 8.48. The highest BCUT2D eigenvalue weighted by Gasteiger charge is 2.22. The Bertz CT molecular complexity index is 490. The lowest BCUT2D eigenvalue weighted by Crippen LogP contribution is -2.26. The molecule has 1 rings (SSSR count). The maximum absolute atomic E-state index is 11.2. The second-order valence-electron chi connectivity index (χ2n) is 5.60. The molecule has 0 aromatic heterocycles. The Hall–Kier alpha value is -1.75. The van der Waals surface area contributed by atoms with Crippen molar-refractivity contribution in [1.29, 1.82) is 0 Å². The normalized spacial score (nSPS) is 13.4. The molecular formula is C18H29NO4. The second kappa shape index (κ2) is 10.1. The molecule has 1 aromatic rings. The van der Waals surface area contributed by atoms with Gasteiger partial charge in [-0.05, 0) is 44.2 Å². The maximum atomic E-state index is 11.2. The van der Waals surface area contributed by atoms with Gasteiger partial charge >= 0.3 is 5.97 Å². The number of benzene rings is 1. The van der Waals surface area contributed by atoms with Crippen molar-refractivity contribution in [1.82, 2.24) is 0 Å². The molecule has 0 bridgehead atoms. The van der Waals surface area contributed by atoms with Gasteiger partial charge in [0.1, 0.15) is 0 Å². The van der Waals surface area contributed by atoms with Gasteiger partial charge in [0.2, 0.25) is 0 Å². The van der Waals surface area contributed by atoms with E-state index in [1.54, 1.807) is 0 Å². The van der Waals surface area contributed by atoms with Crippen molar-refractivity contribution in [2.24, 2.45) is 17.6 Å². The van der Waals surface area contributed by atoms with Crippen LogP contribution in [0.3, 0.4) is 0 Å². The molecule has 130 valence electrons. The van der Waals surface area contributed by atoms with Crippen molar-refractivity contribution < 1.29 is 19.4 Å². The highest BCUT2D eigenvalue weighted by molar-refractivity contribution is 5.70. The molecule has 0 aliphatic heterocycles. The molecule has 0 saturated heterocycles. The number of ether oxygens (including phenoxy) is 2. The summed E-state index contributed by atoms with van der Waals surface area (Å²) in [5.41, 5.74) is 6.65. The summed E-state index contributed by atoms with van der Waals surface area (Å²) < 4.78 is 11.4. The van der Waals surface area contributed by atoms with Crippen molar-refractivity contribution >= 4 is 5.97 Å². The number of rotatable bonds is 11. The Labute approximate surface area is 138 Å². The summed E-state index contributed by atoms with van der Waals surface area (Å²) >= 11 is 0. The molecule has 0 spiro atoms. The average Bonchev–Trinajstić information content (AvgIpc) is 2.54. The smallest absolute Gasteiger partial charge is 0.307 e. The van der Waals surface area contributed by atoms with Gasteiger partial charge in [0.15, 0.2) is 11.5 Å². The van der Waals surface area contributed by atoms with E-state index in [4.69, 9.17) is 15.2 Å². The minimum absolute atomic E-state index is 0.170. The zero-order chi connectivity index (χ0) is 17.2. The maximum Gasteiger partial charge on any atom is 0.307 e. The van der Waals surface area contributed by atoms with Crippen LogP contribution in [0, 0.1) is 11.8 Å². The lowest BCUT2D eigenvalue weighted by molar-refractivity contribution is -0.142. The fourth-order valence-electron chi connectivity index (χ4n) is 2.70. The number of nitrogens with two attached hydrogens (primary N) is 1. The van der Waals surface area contributed by atoms with E-state index in [0.717, 1.165) is 29.9 Å². The van der Waals surface area contributed by atoms with E-state index in [1.807, 2.05) is 32.0 Å². The van der Waals surface area contributed by atoms with Crippen LogP contribution in [0.4, 0.5) is 0 Å². The van der Waals surface area contributed by atoms with Crippen LogP contribution >= 0.6 is 0 Å². The quantitative estimate of drug-likeness (QED) is 0.654. The number of hydrogen-bond acceptors (Lipinski definition) is 4. The molecule has 23 heavy (non-hydrogen) atoms. The van der Waals surface area contributed by atoms with Crippen LogP contribution in [0.15, 0.2) is 18.2 Å². The molecule has 1 aromatic carbocycles. The van der Waals surface area contributed by atoms with E-state index in [1.165, 1.54) is 0 Å². The van der Waals surface area contributed by atoms with E-state index in [-0.39, 0.29) is 12.5 Å². The Balaban J connectivity index is 2.95. The van der Waals surface area contributed by atoms with Crippen molar-refractivity contribution in [3.63, 3.8) is 0 Å². The summed E-state index contributed by atoms with van der Waals surface area (Å²) in [6.07, 6.45) is 2.23. The third kappa shape index (κ3) is 5.75. The Morgan fingerprint density at radius 2 is 1.91 bits per heavy atom. The molecule has 0 aliphatic rings. The molecule has 2 unspecified atom stereocenters. The molecule has 5 nitrogen and oxygen atoms in total. The first kappa shape index (κ1) is 19.3. The molecule has 0 saturated carbocycles. The van der Waals surface area contributed by atoms with Crippen LogP contribution in [-0.4, -0.2) is 30.8 Å². The third-order valence-corrected chi connectivity index (χ3v) is 3.99. The summed E-state index contributed by atoms with van der Waals surface area (Å²) in [7, 11) is 0. The van der Waals surface area contributed by atoms with E-state index in [9.17, 15) is 9.90 Å². The predicted octanol–water partition coefficient (Wildman–Crippen LogP) is 3.10. The van der Waals surface area contributed by atoms with Crippen LogP contribution in [0.2, 0.25) is 0 Å². The number of carboxylic acid groups (broad SMARTS) is 1. The Morgan fingerprint density at radius 3 is 2.43 bits per heavy atom. The van der Waals surface area contributed by atoms with E-state index < -0.39 is 11.9 Å². The van der Waals surface area contributed by atoms with Crippen LogP contribution in [0.25, 0.3) is 0 Å². The van der Waals surface area contributed by atoms with Crippen molar-refractivity contribution in [2.75, 3.05) is 19.8 Å². The summed E-state index contributed by atoms with van der Waals surface area (Å²) in [6.45, 7) is 7.27. The number of para-hydroxylation sites is 1. The zero-order valence-corrected chi connectivity index (χ0v) is 14.4. The van der Waals surface area contributed by atoms with Gasteiger partial charge in [-0.2, -0.15) is 0 Å². The van der Waals surface area contributed by atoms with Crippen LogP contribution in [0.5, 0.6) is 11.5 Å². The summed E-state index contributed by atoms with van der Waals surface area (Å²) in [5, 5.41) is 9.21. The molecule has 0 heterocycles. The van der Waals surface area contributed by atoms with Gasteiger partial charge in [-0.25, -0.2) is 0 Å². The highest BCUT2D eigenvalue weighted by Crippen LogP contribution is 2.34. The summed E-state index contributed by atoms with van der Waals surface area (Å²) in [5.74, 6) is 0.450. The van der Waals surface area contributed by atoms with Gasteiger partial charge < -0.3 is 20.3 Å². The van der Waals surface area contributed by atoms with Gasteiger partial charge in [-0.15, -0.1) is 0 Å². The number of aliphatic carboxylic acids is 1. The molecule has 0 aliphatic carbocycles. The van der Waals surface area contributed by atoms with Crippen molar-refractivity contribution in [3.8, 4) is 11.5 Å². The van der Waals surface area contributed by atoms with Gasteiger partial charge in [0.05, 0.1) is 19.1 Å². The fourth-order valence-corrected chi connectivity index (χ4v) is 2.70. The first-order valence-corrected chi connectivity index (χ1v) is 8.37. The first-order valence-electron chi connectivity index (χ1n) is 8.37. The van der Waals surface area contributed by atoms with Crippen LogP contribution < -0.4 is 15.2 Å². The minimum Gasteiger partial charge on any atom is -0.490 e. The van der Waals surface area contributed by atoms with Crippen molar-refractivity contribution in [3.05, 3.63) is 23.8 Å². The predicted molar refractivity (Wildman–Crippen MR) is 91.1 cm³/mol. The van der Waals surface area contributed by atoms with Crippen LogP contribution in [-0.2, 0) is 11.2 Å². The van der Waals surface area contributed by atoms with Crippen LogP contribution in [0.1, 0.15) is 39.2 Å². The third-order valence-electron chi connectivity index (χ3n) is 3.99. The lowest BCUT2D eigenvalue weighted by atomic mass is 9.87. The Morgan fingerprint density at radius 1 is 1.22 bits per heavy atom. The molecule has 5 heteroatoms. The van der Waals surface area contributed by atoms with E-state index >= 15 is 0 Å². The topological polar surface area (TPSA) is 81.8 Å². The average molecular weight is 323 g/mol. The standard InChI is InChI=1S/C18H29NO4/c1-4-13(11-15(12-19)18(20)21)10-14-8-7-9-16(22-5-2)17(14)23-6-3/h7-9,13,15H,4-6,10-12,19H2,1-3H3,(H,20,21). The van der Waals surface area contributed by atoms with Crippen molar-refractivity contribution in [2.45, 2.75) is 40.0 Å². The molecular weight excluding hydrogens is 294 g/mol. The molecule has 3 N–H and O–H groups in total. The van der Waals surface area contributed by atoms with Gasteiger partial charge in [-0.1, -0.05) is 25.5 Å². The molecule has 0 amide bonds. The number of carboxylic acids is 1. The second-order valence-corrected chi connectivity index (χ2v) is 5.60. The largest absolute Gasteiger partial charge is 0.490 e. The molecule has 2 atom stereocenters.